The normalized spacial score (nSPS) is 11.1. The van der Waals surface area contributed by atoms with Gasteiger partial charge in [-0.25, -0.2) is 4.98 Å². The van der Waals surface area contributed by atoms with Gasteiger partial charge in [-0.2, -0.15) is 5.10 Å². The molecule has 5 rings (SSSR count). The molecule has 0 saturated heterocycles. The van der Waals surface area contributed by atoms with E-state index in [0.717, 1.165) is 50.1 Å². The van der Waals surface area contributed by atoms with Crippen molar-refractivity contribution in [2.45, 2.75) is 6.54 Å². The zero-order chi connectivity index (χ0) is 19.6. The van der Waals surface area contributed by atoms with Crippen molar-refractivity contribution < 1.29 is 0 Å². The monoisotopic (exact) mass is 377 g/mol. The first-order valence-corrected chi connectivity index (χ1v) is 9.47. The molecule has 0 aliphatic carbocycles. The fourth-order valence-electron chi connectivity index (χ4n) is 3.56. The minimum absolute atomic E-state index is 0.525. The predicted molar refractivity (Wildman–Crippen MR) is 116 cm³/mol. The number of hydrogen-bond donors (Lipinski definition) is 2. The molecule has 5 aromatic rings. The molecule has 0 aliphatic rings. The standard InChI is InChI=1S/C24H19N5/c25-13-16-6-8-18(9-7-16)24-20(17-4-2-1-3-5-17)12-21-22(29-24)10-11-26-23(21)19-14-27-28-15-19/h1-12,14-15H,13,25H2,(H,27,28). The van der Waals surface area contributed by atoms with Crippen molar-refractivity contribution >= 4 is 10.9 Å². The van der Waals surface area contributed by atoms with Gasteiger partial charge in [0.05, 0.1) is 23.1 Å². The molecular weight excluding hydrogens is 358 g/mol. The average molecular weight is 377 g/mol. The van der Waals surface area contributed by atoms with Crippen LogP contribution in [0.3, 0.4) is 0 Å². The van der Waals surface area contributed by atoms with E-state index in [1.165, 1.54) is 0 Å². The molecule has 5 heteroatoms. The second kappa shape index (κ2) is 7.30. The molecule has 140 valence electrons. The molecule has 0 saturated carbocycles. The third-order valence-corrected chi connectivity index (χ3v) is 5.06. The molecule has 0 fully saturated rings. The molecule has 0 unspecified atom stereocenters. The van der Waals surface area contributed by atoms with Crippen LogP contribution in [0.4, 0.5) is 0 Å². The predicted octanol–water partition coefficient (Wildman–Crippen LogP) is 4.81. The molecule has 3 heterocycles. The largest absolute Gasteiger partial charge is 0.326 e. The van der Waals surface area contributed by atoms with Gasteiger partial charge >= 0.3 is 0 Å². The number of hydrogen-bond acceptors (Lipinski definition) is 4. The molecule has 0 radical (unpaired) electrons. The molecule has 0 spiro atoms. The highest BCUT2D eigenvalue weighted by molar-refractivity contribution is 5.98. The Morgan fingerprint density at radius 3 is 2.38 bits per heavy atom. The minimum Gasteiger partial charge on any atom is -0.326 e. The molecule has 2 aromatic carbocycles. The smallest absolute Gasteiger partial charge is 0.0827 e. The molecule has 0 bridgehead atoms. The third kappa shape index (κ3) is 3.17. The first kappa shape index (κ1) is 17.3. The summed E-state index contributed by atoms with van der Waals surface area (Å²) in [5.41, 5.74) is 13.8. The molecule has 0 aliphatic heterocycles. The number of nitrogens with zero attached hydrogens (tertiary/aromatic N) is 3. The van der Waals surface area contributed by atoms with Gasteiger partial charge in [0.25, 0.3) is 0 Å². The zero-order valence-electron chi connectivity index (χ0n) is 15.7. The average Bonchev–Trinajstić information content (AvgIpc) is 3.33. The van der Waals surface area contributed by atoms with Crippen LogP contribution in [0.15, 0.2) is 85.3 Å². The highest BCUT2D eigenvalue weighted by Gasteiger charge is 2.15. The fraction of sp³-hybridized carbons (Fsp3) is 0.0417. The van der Waals surface area contributed by atoms with Crippen LogP contribution in [-0.4, -0.2) is 20.2 Å². The summed E-state index contributed by atoms with van der Waals surface area (Å²) >= 11 is 0. The van der Waals surface area contributed by atoms with Gasteiger partial charge in [0.1, 0.15) is 0 Å². The number of nitrogens with one attached hydrogen (secondary N) is 1. The topological polar surface area (TPSA) is 80.5 Å². The lowest BCUT2D eigenvalue weighted by molar-refractivity contribution is 1.07. The minimum atomic E-state index is 0.525. The summed E-state index contributed by atoms with van der Waals surface area (Å²) < 4.78 is 0. The van der Waals surface area contributed by atoms with E-state index < -0.39 is 0 Å². The van der Waals surface area contributed by atoms with Gasteiger partial charge in [-0.05, 0) is 23.3 Å². The van der Waals surface area contributed by atoms with Crippen LogP contribution < -0.4 is 5.73 Å². The molecular formula is C24H19N5. The van der Waals surface area contributed by atoms with Crippen LogP contribution in [0.1, 0.15) is 5.56 Å². The Labute approximate surface area is 168 Å². The second-order valence-electron chi connectivity index (χ2n) is 6.86. The second-order valence-corrected chi connectivity index (χ2v) is 6.86. The Morgan fingerprint density at radius 1 is 0.828 bits per heavy atom. The summed E-state index contributed by atoms with van der Waals surface area (Å²) in [7, 11) is 0. The lowest BCUT2D eigenvalue weighted by atomic mass is 9.96. The van der Waals surface area contributed by atoms with Crippen LogP contribution in [0.5, 0.6) is 0 Å². The first-order chi connectivity index (χ1) is 14.3. The zero-order valence-corrected chi connectivity index (χ0v) is 15.7. The van der Waals surface area contributed by atoms with E-state index in [2.05, 4.69) is 57.6 Å². The Hall–Kier alpha value is -3.83. The van der Waals surface area contributed by atoms with Gasteiger partial charge < -0.3 is 5.73 Å². The van der Waals surface area contributed by atoms with Crippen LogP contribution in [0.25, 0.3) is 44.5 Å². The maximum Gasteiger partial charge on any atom is 0.0827 e. The molecule has 3 aromatic heterocycles. The maximum absolute atomic E-state index is 5.77. The molecule has 5 nitrogen and oxygen atoms in total. The van der Waals surface area contributed by atoms with Gasteiger partial charge in [0.15, 0.2) is 0 Å². The Balaban J connectivity index is 1.79. The maximum atomic E-state index is 5.77. The summed E-state index contributed by atoms with van der Waals surface area (Å²) in [4.78, 5) is 9.64. The SMILES string of the molecule is NCc1ccc(-c2nc3ccnc(-c4cn[nH]c4)c3cc2-c2ccccc2)cc1. The van der Waals surface area contributed by atoms with Crippen LogP contribution >= 0.6 is 0 Å². The van der Waals surface area contributed by atoms with Crippen molar-refractivity contribution in [3.8, 4) is 33.6 Å². The number of pyridine rings is 2. The van der Waals surface area contributed by atoms with Gasteiger partial charge in [-0.15, -0.1) is 0 Å². The van der Waals surface area contributed by atoms with Crippen molar-refractivity contribution in [1.82, 2.24) is 20.2 Å². The fourth-order valence-corrected chi connectivity index (χ4v) is 3.56. The Bertz CT molecular complexity index is 1260. The lowest BCUT2D eigenvalue weighted by Crippen LogP contribution is -1.97. The number of aromatic amines is 1. The summed E-state index contributed by atoms with van der Waals surface area (Å²) in [6.07, 6.45) is 5.42. The molecule has 3 N–H and O–H groups in total. The molecule has 29 heavy (non-hydrogen) atoms. The Morgan fingerprint density at radius 2 is 1.66 bits per heavy atom. The van der Waals surface area contributed by atoms with Crippen LogP contribution in [-0.2, 0) is 6.54 Å². The summed E-state index contributed by atoms with van der Waals surface area (Å²) in [6, 6.07) is 22.7. The van der Waals surface area contributed by atoms with Crippen molar-refractivity contribution in [1.29, 1.82) is 0 Å². The summed E-state index contributed by atoms with van der Waals surface area (Å²) in [6.45, 7) is 0.525. The number of aromatic nitrogens is 4. The third-order valence-electron chi connectivity index (χ3n) is 5.06. The van der Waals surface area contributed by atoms with Crippen molar-refractivity contribution in [2.24, 2.45) is 5.73 Å². The lowest BCUT2D eigenvalue weighted by Gasteiger charge is -2.13. The van der Waals surface area contributed by atoms with E-state index in [-0.39, 0.29) is 0 Å². The van der Waals surface area contributed by atoms with Gasteiger partial charge in [-0.3, -0.25) is 10.1 Å². The number of fused-ring (bicyclic) bond motifs is 1. The number of H-pyrrole nitrogens is 1. The van der Waals surface area contributed by atoms with Crippen molar-refractivity contribution in [2.75, 3.05) is 0 Å². The highest BCUT2D eigenvalue weighted by Crippen LogP contribution is 2.36. The quantitative estimate of drug-likeness (QED) is 0.471. The van der Waals surface area contributed by atoms with Crippen LogP contribution in [0.2, 0.25) is 0 Å². The van der Waals surface area contributed by atoms with E-state index in [4.69, 9.17) is 10.7 Å². The van der Waals surface area contributed by atoms with Gasteiger partial charge in [-0.1, -0.05) is 54.6 Å². The number of rotatable bonds is 4. The van der Waals surface area contributed by atoms with Gasteiger partial charge in [0, 0.05) is 41.0 Å². The van der Waals surface area contributed by atoms with E-state index in [9.17, 15) is 0 Å². The van der Waals surface area contributed by atoms with Crippen molar-refractivity contribution in [3.05, 3.63) is 90.9 Å². The van der Waals surface area contributed by atoms with E-state index in [0.29, 0.717) is 6.54 Å². The van der Waals surface area contributed by atoms with Crippen molar-refractivity contribution in [3.63, 3.8) is 0 Å². The number of benzene rings is 2. The summed E-state index contributed by atoms with van der Waals surface area (Å²) in [5.74, 6) is 0. The highest BCUT2D eigenvalue weighted by atomic mass is 15.1. The van der Waals surface area contributed by atoms with E-state index in [1.807, 2.05) is 30.5 Å². The first-order valence-electron chi connectivity index (χ1n) is 9.47. The van der Waals surface area contributed by atoms with Gasteiger partial charge in [0.2, 0.25) is 0 Å². The Kier molecular flexibility index (Phi) is 4.35. The molecule has 0 amide bonds. The van der Waals surface area contributed by atoms with Crippen LogP contribution in [0, 0.1) is 0 Å². The number of nitrogens with two attached hydrogens (primary N) is 1. The molecule has 0 atom stereocenters. The van der Waals surface area contributed by atoms with E-state index >= 15 is 0 Å². The van der Waals surface area contributed by atoms with E-state index in [1.54, 1.807) is 12.4 Å². The summed E-state index contributed by atoms with van der Waals surface area (Å²) in [5, 5.41) is 7.93.